The van der Waals surface area contributed by atoms with Gasteiger partial charge in [-0.2, -0.15) is 5.10 Å². The first-order valence-corrected chi connectivity index (χ1v) is 7.64. The molecule has 0 spiro atoms. The Balaban J connectivity index is 1.88. The summed E-state index contributed by atoms with van der Waals surface area (Å²) in [5.41, 5.74) is 5.60. The molecule has 0 saturated heterocycles. The van der Waals surface area contributed by atoms with Crippen LogP contribution in [0, 0.1) is 0 Å². The first kappa shape index (κ1) is 14.9. The average Bonchev–Trinajstić information content (AvgIpc) is 2.55. The fourth-order valence-corrected chi connectivity index (χ4v) is 2.56. The molecule has 0 aromatic heterocycles. The van der Waals surface area contributed by atoms with Gasteiger partial charge < -0.3 is 0 Å². The number of benzene rings is 3. The van der Waals surface area contributed by atoms with Gasteiger partial charge in [0.15, 0.2) is 0 Å². The van der Waals surface area contributed by atoms with Crippen LogP contribution in [0.3, 0.4) is 0 Å². The average molecular weight is 329 g/mol. The molecule has 1 N–H and O–H groups in total. The summed E-state index contributed by atoms with van der Waals surface area (Å²) in [5, 5.41) is 7.78. The number of halogens is 2. The molecule has 110 valence electrons. The molecule has 3 rings (SSSR count). The van der Waals surface area contributed by atoms with Gasteiger partial charge in [-0.25, -0.2) is 0 Å². The lowest BCUT2D eigenvalue weighted by Gasteiger charge is -2.07. The van der Waals surface area contributed by atoms with Crippen LogP contribution in [0.5, 0.6) is 0 Å². The Morgan fingerprint density at radius 3 is 2.50 bits per heavy atom. The summed E-state index contributed by atoms with van der Waals surface area (Å²) in [6, 6.07) is 19.9. The predicted molar refractivity (Wildman–Crippen MR) is 96.2 cm³/mol. The zero-order chi connectivity index (χ0) is 15.5. The monoisotopic (exact) mass is 328 g/mol. The topological polar surface area (TPSA) is 24.4 Å². The van der Waals surface area contributed by atoms with Crippen LogP contribution < -0.4 is 5.43 Å². The van der Waals surface area contributed by atoms with Crippen molar-refractivity contribution >= 4 is 45.4 Å². The fourth-order valence-electron chi connectivity index (χ4n) is 2.21. The second-order valence-corrected chi connectivity index (χ2v) is 5.76. The minimum absolute atomic E-state index is 0.472. The normalized spacial score (nSPS) is 11.7. The highest BCUT2D eigenvalue weighted by Gasteiger charge is 2.04. The van der Waals surface area contributed by atoms with Crippen LogP contribution >= 0.6 is 23.2 Å². The van der Waals surface area contributed by atoms with E-state index in [4.69, 9.17) is 23.2 Å². The number of hydrogen-bond donors (Lipinski definition) is 1. The summed E-state index contributed by atoms with van der Waals surface area (Å²) in [6.07, 6.45) is 0. The molecule has 3 aromatic carbocycles. The lowest BCUT2D eigenvalue weighted by atomic mass is 10.0. The fraction of sp³-hybridized carbons (Fsp3) is 0.0556. The summed E-state index contributed by atoms with van der Waals surface area (Å²) in [7, 11) is 0. The van der Waals surface area contributed by atoms with E-state index in [1.165, 1.54) is 10.8 Å². The van der Waals surface area contributed by atoms with Crippen LogP contribution in [0.4, 0.5) is 5.69 Å². The van der Waals surface area contributed by atoms with Gasteiger partial charge in [-0.3, -0.25) is 5.43 Å². The van der Waals surface area contributed by atoms with Crippen molar-refractivity contribution in [3.05, 3.63) is 76.3 Å². The first-order chi connectivity index (χ1) is 10.6. The molecule has 4 heteroatoms. The quantitative estimate of drug-likeness (QED) is 0.464. The molecule has 0 aliphatic rings. The van der Waals surface area contributed by atoms with Crippen molar-refractivity contribution in [1.82, 2.24) is 0 Å². The van der Waals surface area contributed by atoms with E-state index in [1.54, 1.807) is 6.07 Å². The second-order valence-electron chi connectivity index (χ2n) is 4.97. The van der Waals surface area contributed by atoms with Crippen molar-refractivity contribution in [3.8, 4) is 0 Å². The van der Waals surface area contributed by atoms with E-state index in [9.17, 15) is 0 Å². The highest BCUT2D eigenvalue weighted by Crippen LogP contribution is 2.29. The maximum atomic E-state index is 6.14. The van der Waals surface area contributed by atoms with E-state index >= 15 is 0 Å². The molecule has 0 amide bonds. The van der Waals surface area contributed by atoms with Gasteiger partial charge in [0.2, 0.25) is 0 Å². The van der Waals surface area contributed by atoms with Crippen molar-refractivity contribution in [3.63, 3.8) is 0 Å². The Bertz CT molecular complexity index is 857. The molecule has 0 radical (unpaired) electrons. The number of anilines is 1. The van der Waals surface area contributed by atoms with Gasteiger partial charge in [0.25, 0.3) is 0 Å². The SMILES string of the molecule is CC(=NNc1cccc(Cl)c1Cl)c1ccc2ccccc2c1. The molecule has 0 saturated carbocycles. The predicted octanol–water partition coefficient (Wildman–Crippen LogP) is 5.98. The summed E-state index contributed by atoms with van der Waals surface area (Å²) in [4.78, 5) is 0. The molecule has 0 fully saturated rings. The number of fused-ring (bicyclic) bond motifs is 1. The number of nitrogens with zero attached hydrogens (tertiary/aromatic N) is 1. The Morgan fingerprint density at radius 2 is 1.68 bits per heavy atom. The summed E-state index contributed by atoms with van der Waals surface area (Å²) in [5.74, 6) is 0. The van der Waals surface area contributed by atoms with E-state index in [2.05, 4.69) is 40.9 Å². The molecule has 0 aliphatic carbocycles. The van der Waals surface area contributed by atoms with E-state index in [0.29, 0.717) is 15.7 Å². The number of nitrogens with one attached hydrogen (secondary N) is 1. The van der Waals surface area contributed by atoms with Crippen LogP contribution in [-0.2, 0) is 0 Å². The molecule has 0 heterocycles. The number of hydrogen-bond acceptors (Lipinski definition) is 2. The number of rotatable bonds is 3. The summed E-state index contributed by atoms with van der Waals surface area (Å²) < 4.78 is 0. The minimum Gasteiger partial charge on any atom is -0.277 e. The Morgan fingerprint density at radius 1 is 0.909 bits per heavy atom. The Labute approximate surface area is 139 Å². The third kappa shape index (κ3) is 3.08. The molecule has 0 unspecified atom stereocenters. The van der Waals surface area contributed by atoms with Gasteiger partial charge in [-0.05, 0) is 41.5 Å². The molecule has 0 atom stereocenters. The van der Waals surface area contributed by atoms with E-state index in [0.717, 1.165) is 11.3 Å². The number of hydrazone groups is 1. The van der Waals surface area contributed by atoms with Gasteiger partial charge in [0.05, 0.1) is 21.4 Å². The standard InChI is InChI=1S/C18H14Cl2N2/c1-12(21-22-17-8-4-7-16(19)18(17)20)14-10-9-13-5-2-3-6-15(13)11-14/h2-11,22H,1H3. The Hall–Kier alpha value is -2.03. The zero-order valence-electron chi connectivity index (χ0n) is 12.0. The van der Waals surface area contributed by atoms with E-state index in [-0.39, 0.29) is 0 Å². The van der Waals surface area contributed by atoms with E-state index in [1.807, 2.05) is 31.2 Å². The molecule has 2 nitrogen and oxygen atoms in total. The molecule has 3 aromatic rings. The highest BCUT2D eigenvalue weighted by atomic mass is 35.5. The van der Waals surface area contributed by atoms with Crippen LogP contribution in [0.1, 0.15) is 12.5 Å². The molecule has 22 heavy (non-hydrogen) atoms. The molecule has 0 bridgehead atoms. The van der Waals surface area contributed by atoms with E-state index < -0.39 is 0 Å². The maximum absolute atomic E-state index is 6.14. The van der Waals surface area contributed by atoms with Gasteiger partial charge in [0.1, 0.15) is 0 Å². The van der Waals surface area contributed by atoms with Crippen molar-refractivity contribution in [2.45, 2.75) is 6.92 Å². The molecular weight excluding hydrogens is 315 g/mol. The third-order valence-corrected chi connectivity index (χ3v) is 4.28. The molecular formula is C18H14Cl2N2. The smallest absolute Gasteiger partial charge is 0.0842 e. The van der Waals surface area contributed by atoms with Gasteiger partial charge >= 0.3 is 0 Å². The first-order valence-electron chi connectivity index (χ1n) is 6.88. The zero-order valence-corrected chi connectivity index (χ0v) is 13.5. The van der Waals surface area contributed by atoms with Gasteiger partial charge in [-0.15, -0.1) is 0 Å². The van der Waals surface area contributed by atoms with Crippen LogP contribution in [0.25, 0.3) is 10.8 Å². The largest absolute Gasteiger partial charge is 0.277 e. The van der Waals surface area contributed by atoms with Crippen molar-refractivity contribution in [2.24, 2.45) is 5.10 Å². The third-order valence-electron chi connectivity index (χ3n) is 3.46. The lowest BCUT2D eigenvalue weighted by Crippen LogP contribution is -2.00. The minimum atomic E-state index is 0.472. The van der Waals surface area contributed by atoms with Crippen LogP contribution in [0.2, 0.25) is 10.0 Å². The van der Waals surface area contributed by atoms with Crippen molar-refractivity contribution in [1.29, 1.82) is 0 Å². The van der Waals surface area contributed by atoms with Crippen molar-refractivity contribution < 1.29 is 0 Å². The molecule has 0 aliphatic heterocycles. The summed E-state index contributed by atoms with van der Waals surface area (Å²) >= 11 is 12.1. The highest BCUT2D eigenvalue weighted by molar-refractivity contribution is 6.43. The van der Waals surface area contributed by atoms with Gasteiger partial charge in [-0.1, -0.05) is 65.7 Å². The summed E-state index contributed by atoms with van der Waals surface area (Å²) in [6.45, 7) is 1.95. The van der Waals surface area contributed by atoms with Gasteiger partial charge in [0, 0.05) is 0 Å². The van der Waals surface area contributed by atoms with Crippen molar-refractivity contribution in [2.75, 3.05) is 5.43 Å². The maximum Gasteiger partial charge on any atom is 0.0842 e. The van der Waals surface area contributed by atoms with Crippen LogP contribution in [-0.4, -0.2) is 5.71 Å². The Kier molecular flexibility index (Phi) is 4.32. The lowest BCUT2D eigenvalue weighted by molar-refractivity contribution is 1.32. The second kappa shape index (κ2) is 6.39. The van der Waals surface area contributed by atoms with Crippen LogP contribution in [0.15, 0.2) is 65.8 Å².